The molecule has 1 heterocycles. The highest BCUT2D eigenvalue weighted by Gasteiger charge is 2.35. The number of hydrogen-bond donors (Lipinski definition) is 0. The summed E-state index contributed by atoms with van der Waals surface area (Å²) in [5.41, 5.74) is 1.32. The van der Waals surface area contributed by atoms with Gasteiger partial charge in [-0.25, -0.2) is 4.39 Å². The number of nitrogens with zero attached hydrogens (tertiary/aromatic N) is 1. The van der Waals surface area contributed by atoms with E-state index in [1.807, 2.05) is 30.3 Å². The van der Waals surface area contributed by atoms with Crippen LogP contribution in [0.25, 0.3) is 6.08 Å². The van der Waals surface area contributed by atoms with Gasteiger partial charge in [0, 0.05) is 0 Å². The Labute approximate surface area is 214 Å². The van der Waals surface area contributed by atoms with Crippen LogP contribution in [0.1, 0.15) is 11.1 Å². The summed E-state index contributed by atoms with van der Waals surface area (Å²) in [5, 5.41) is -0.348. The smallest absolute Gasteiger partial charge is 0.293 e. The summed E-state index contributed by atoms with van der Waals surface area (Å²) in [5.74, 6) is 0.829. The van der Waals surface area contributed by atoms with Gasteiger partial charge >= 0.3 is 0 Å². The number of ether oxygens (including phenoxy) is 3. The van der Waals surface area contributed by atoms with Gasteiger partial charge in [-0.05, 0) is 81.3 Å². The number of halogens is 2. The predicted octanol–water partition coefficient (Wildman–Crippen LogP) is 6.29. The van der Waals surface area contributed by atoms with Crippen LogP contribution >= 0.6 is 27.7 Å². The molecule has 1 aliphatic rings. The lowest BCUT2D eigenvalue weighted by Gasteiger charge is -2.14. The average molecular weight is 558 g/mol. The Morgan fingerprint density at radius 1 is 1.03 bits per heavy atom. The highest BCUT2D eigenvalue weighted by Crippen LogP contribution is 2.39. The van der Waals surface area contributed by atoms with E-state index in [0.717, 1.165) is 11.8 Å². The van der Waals surface area contributed by atoms with Crippen molar-refractivity contribution in [2.45, 2.75) is 6.61 Å². The van der Waals surface area contributed by atoms with Gasteiger partial charge in [0.05, 0.1) is 23.0 Å². The molecule has 2 amide bonds. The summed E-state index contributed by atoms with van der Waals surface area (Å²) in [4.78, 5) is 26.7. The van der Waals surface area contributed by atoms with E-state index in [2.05, 4.69) is 15.9 Å². The second-order valence-electron chi connectivity index (χ2n) is 7.45. The van der Waals surface area contributed by atoms with Crippen LogP contribution in [-0.2, 0) is 11.4 Å². The van der Waals surface area contributed by atoms with Crippen molar-refractivity contribution in [3.8, 4) is 17.2 Å². The molecule has 0 N–H and O–H groups in total. The second-order valence-corrected chi connectivity index (χ2v) is 9.30. The molecule has 0 aliphatic carbocycles. The van der Waals surface area contributed by atoms with Crippen molar-refractivity contribution in [2.75, 3.05) is 20.3 Å². The number of imide groups is 1. The van der Waals surface area contributed by atoms with E-state index in [0.29, 0.717) is 37.8 Å². The van der Waals surface area contributed by atoms with Crippen molar-refractivity contribution < 1.29 is 28.2 Å². The van der Waals surface area contributed by atoms with Crippen molar-refractivity contribution in [1.82, 2.24) is 4.90 Å². The quantitative estimate of drug-likeness (QED) is 0.288. The molecular weight excluding hydrogens is 537 g/mol. The number of hydrogen-bond acceptors (Lipinski definition) is 6. The largest absolute Gasteiger partial charge is 0.493 e. The number of carbonyl (C=O) groups is 2. The van der Waals surface area contributed by atoms with Crippen LogP contribution in [0.2, 0.25) is 0 Å². The van der Waals surface area contributed by atoms with Crippen LogP contribution < -0.4 is 14.2 Å². The summed E-state index contributed by atoms with van der Waals surface area (Å²) in [6, 6.07) is 18.8. The molecule has 0 bridgehead atoms. The number of amides is 2. The average Bonchev–Trinajstić information content (AvgIpc) is 3.11. The van der Waals surface area contributed by atoms with Crippen LogP contribution in [0, 0.1) is 5.82 Å². The van der Waals surface area contributed by atoms with Crippen molar-refractivity contribution in [3.63, 3.8) is 0 Å². The Morgan fingerprint density at radius 2 is 1.83 bits per heavy atom. The zero-order valence-corrected chi connectivity index (χ0v) is 21.1. The van der Waals surface area contributed by atoms with Crippen LogP contribution in [0.5, 0.6) is 17.2 Å². The topological polar surface area (TPSA) is 65.1 Å². The first-order chi connectivity index (χ1) is 16.9. The maximum absolute atomic E-state index is 13.4. The molecule has 0 atom stereocenters. The molecule has 180 valence electrons. The van der Waals surface area contributed by atoms with E-state index >= 15 is 0 Å². The van der Waals surface area contributed by atoms with E-state index in [9.17, 15) is 14.0 Å². The molecule has 0 unspecified atom stereocenters. The van der Waals surface area contributed by atoms with E-state index < -0.39 is 0 Å². The minimum atomic E-state index is -0.377. The van der Waals surface area contributed by atoms with Crippen molar-refractivity contribution in [2.24, 2.45) is 0 Å². The van der Waals surface area contributed by atoms with Gasteiger partial charge in [-0.1, -0.05) is 30.3 Å². The zero-order chi connectivity index (χ0) is 24.8. The fourth-order valence-corrected chi connectivity index (χ4v) is 4.80. The van der Waals surface area contributed by atoms with E-state index in [-0.39, 0.29) is 36.7 Å². The summed E-state index contributed by atoms with van der Waals surface area (Å²) in [7, 11) is 1.50. The third-order valence-electron chi connectivity index (χ3n) is 5.02. The molecule has 1 fully saturated rings. The summed E-state index contributed by atoms with van der Waals surface area (Å²) >= 11 is 4.35. The molecule has 1 aliphatic heterocycles. The Bertz CT molecular complexity index is 1270. The molecule has 0 saturated carbocycles. The molecule has 3 aromatic carbocycles. The SMILES string of the molecule is COc1cc(/C=C2\SC(=O)N(CCOc3ccccc3)C2=O)cc(Br)c1OCc1cccc(F)c1. The van der Waals surface area contributed by atoms with Crippen LogP contribution in [0.4, 0.5) is 9.18 Å². The van der Waals surface area contributed by atoms with Gasteiger partial charge < -0.3 is 14.2 Å². The van der Waals surface area contributed by atoms with E-state index in [1.54, 1.807) is 30.3 Å². The number of carbonyl (C=O) groups excluding carboxylic acids is 2. The normalized spacial score (nSPS) is 14.5. The lowest BCUT2D eigenvalue weighted by Crippen LogP contribution is -2.32. The summed E-state index contributed by atoms with van der Waals surface area (Å²) in [6.45, 7) is 0.499. The molecule has 0 radical (unpaired) electrons. The fourth-order valence-electron chi connectivity index (χ4n) is 3.36. The molecule has 0 aromatic heterocycles. The molecule has 4 rings (SSSR count). The molecular formula is C26H21BrFNO5S. The van der Waals surface area contributed by atoms with Crippen LogP contribution in [0.3, 0.4) is 0 Å². The van der Waals surface area contributed by atoms with Gasteiger partial charge in [0.25, 0.3) is 11.1 Å². The Hall–Kier alpha value is -3.30. The van der Waals surface area contributed by atoms with Crippen molar-refractivity contribution in [3.05, 3.63) is 93.1 Å². The minimum Gasteiger partial charge on any atom is -0.493 e. The Morgan fingerprint density at radius 3 is 2.57 bits per heavy atom. The third kappa shape index (κ3) is 6.23. The highest BCUT2D eigenvalue weighted by molar-refractivity contribution is 9.10. The molecule has 9 heteroatoms. The lowest BCUT2D eigenvalue weighted by atomic mass is 10.1. The highest BCUT2D eigenvalue weighted by atomic mass is 79.9. The van der Waals surface area contributed by atoms with E-state index in [4.69, 9.17) is 14.2 Å². The molecule has 35 heavy (non-hydrogen) atoms. The van der Waals surface area contributed by atoms with Crippen LogP contribution in [-0.4, -0.2) is 36.3 Å². The molecule has 3 aromatic rings. The first-order valence-electron chi connectivity index (χ1n) is 10.6. The number of rotatable bonds is 9. The monoisotopic (exact) mass is 557 g/mol. The Kier molecular flexibility index (Phi) is 8.09. The van der Waals surface area contributed by atoms with Gasteiger partial charge in [-0.2, -0.15) is 0 Å². The third-order valence-corrected chi connectivity index (χ3v) is 6.52. The molecule has 1 saturated heterocycles. The number of para-hydroxylation sites is 1. The zero-order valence-electron chi connectivity index (χ0n) is 18.7. The van der Waals surface area contributed by atoms with Crippen molar-refractivity contribution >= 4 is 44.9 Å². The second kappa shape index (κ2) is 11.4. The minimum absolute atomic E-state index is 0.149. The van der Waals surface area contributed by atoms with E-state index in [1.165, 1.54) is 24.1 Å². The maximum atomic E-state index is 13.4. The standard InChI is InChI=1S/C26H21BrFNO5S/c1-32-22-14-18(13-21(27)24(22)34-16-17-6-5-7-19(28)12-17)15-23-25(30)29(26(31)35-23)10-11-33-20-8-3-2-4-9-20/h2-9,12-15H,10-11,16H2,1H3/b23-15-. The summed E-state index contributed by atoms with van der Waals surface area (Å²) < 4.78 is 31.0. The molecule has 6 nitrogen and oxygen atoms in total. The number of benzene rings is 3. The van der Waals surface area contributed by atoms with Crippen molar-refractivity contribution in [1.29, 1.82) is 0 Å². The first-order valence-corrected chi connectivity index (χ1v) is 12.2. The first kappa shape index (κ1) is 24.8. The van der Waals surface area contributed by atoms with Gasteiger partial charge in [0.15, 0.2) is 11.5 Å². The number of methoxy groups -OCH3 is 1. The lowest BCUT2D eigenvalue weighted by molar-refractivity contribution is -0.123. The van der Waals surface area contributed by atoms with Gasteiger partial charge in [0.1, 0.15) is 24.8 Å². The van der Waals surface area contributed by atoms with Gasteiger partial charge in [0.2, 0.25) is 0 Å². The number of thioether (sulfide) groups is 1. The predicted molar refractivity (Wildman–Crippen MR) is 136 cm³/mol. The molecule has 0 spiro atoms. The van der Waals surface area contributed by atoms with Crippen LogP contribution in [0.15, 0.2) is 76.1 Å². The fraction of sp³-hybridized carbons (Fsp3) is 0.154. The van der Waals surface area contributed by atoms with Gasteiger partial charge in [-0.15, -0.1) is 0 Å². The Balaban J connectivity index is 1.45. The summed E-state index contributed by atoms with van der Waals surface area (Å²) in [6.07, 6.45) is 1.63. The maximum Gasteiger partial charge on any atom is 0.293 e. The van der Waals surface area contributed by atoms with Gasteiger partial charge in [-0.3, -0.25) is 14.5 Å².